The zero-order chi connectivity index (χ0) is 23.5. The van der Waals surface area contributed by atoms with E-state index < -0.39 is 34.5 Å². The van der Waals surface area contributed by atoms with Crippen molar-refractivity contribution < 1.29 is 37.0 Å². The molecule has 170 valence electrons. The lowest BCUT2D eigenvalue weighted by Gasteiger charge is -2.07. The second-order valence-corrected chi connectivity index (χ2v) is 9.08. The van der Waals surface area contributed by atoms with Crippen LogP contribution in [0.5, 0.6) is 0 Å². The van der Waals surface area contributed by atoms with E-state index in [-0.39, 0.29) is 44.7 Å². The fourth-order valence-electron chi connectivity index (χ4n) is 2.94. The quantitative estimate of drug-likeness (QED) is 0.435. The Labute approximate surface area is 187 Å². The van der Waals surface area contributed by atoms with Gasteiger partial charge in [-0.2, -0.15) is 0 Å². The van der Waals surface area contributed by atoms with Gasteiger partial charge in [-0.15, -0.1) is 11.3 Å². The summed E-state index contributed by atoms with van der Waals surface area (Å²) in [7, 11) is -1.35. The molecular formula is C19H19N3O8S2. The van der Waals surface area contributed by atoms with Crippen LogP contribution in [0.1, 0.15) is 37.6 Å². The van der Waals surface area contributed by atoms with E-state index in [0.29, 0.717) is 5.56 Å². The molecule has 0 fully saturated rings. The Morgan fingerprint density at radius 1 is 1.12 bits per heavy atom. The number of amidine groups is 1. The highest BCUT2D eigenvalue weighted by Gasteiger charge is 2.30. The van der Waals surface area contributed by atoms with E-state index in [4.69, 9.17) is 10.5 Å². The van der Waals surface area contributed by atoms with Crippen LogP contribution < -0.4 is 10.5 Å². The molecule has 0 saturated heterocycles. The first-order chi connectivity index (χ1) is 15.2. The van der Waals surface area contributed by atoms with Gasteiger partial charge in [-0.25, -0.2) is 18.0 Å². The monoisotopic (exact) mass is 481 g/mol. The number of carbonyl (C=O) groups is 3. The van der Waals surface area contributed by atoms with Gasteiger partial charge in [0.15, 0.2) is 0 Å². The van der Waals surface area contributed by atoms with Crippen LogP contribution in [-0.2, 0) is 35.6 Å². The third kappa shape index (κ3) is 4.57. The van der Waals surface area contributed by atoms with E-state index in [1.807, 2.05) is 0 Å². The van der Waals surface area contributed by atoms with Crippen LogP contribution >= 0.6 is 11.3 Å². The molecule has 1 aliphatic rings. The molecule has 1 aromatic carbocycles. The summed E-state index contributed by atoms with van der Waals surface area (Å²) in [6.45, 7) is -0.460. The molecule has 0 radical (unpaired) electrons. The minimum absolute atomic E-state index is 0.0235. The molecule has 32 heavy (non-hydrogen) atoms. The number of methoxy groups -OCH3 is 2. The number of esters is 3. The molecule has 0 spiro atoms. The number of aliphatic imine (C=N–C) groups is 1. The molecule has 3 rings (SSSR count). The van der Waals surface area contributed by atoms with Crippen molar-refractivity contribution in [3.05, 3.63) is 45.8 Å². The van der Waals surface area contributed by atoms with Crippen molar-refractivity contribution in [2.45, 2.75) is 17.9 Å². The standard InChI is InChI=1S/C19H19N3O8S2/c1-28-18(24)14-11(15(19(25)29-2)31-16(14)20)9-30-13(23)7-8-21-17-10-5-3-4-6-12(10)32(26,27)22-17/h3-6H,7-9,20H2,1-2H3,(H,21,22). The Hall–Kier alpha value is -3.45. The summed E-state index contributed by atoms with van der Waals surface area (Å²) in [6, 6.07) is 6.34. The lowest BCUT2D eigenvalue weighted by molar-refractivity contribution is -0.144. The molecular weight excluding hydrogens is 462 g/mol. The van der Waals surface area contributed by atoms with Gasteiger partial charge in [-0.1, -0.05) is 12.1 Å². The number of nitrogen functional groups attached to an aromatic ring is 1. The predicted octanol–water partition coefficient (Wildman–Crippen LogP) is 1.08. The highest BCUT2D eigenvalue weighted by molar-refractivity contribution is 7.90. The van der Waals surface area contributed by atoms with Crippen LogP contribution in [0.2, 0.25) is 0 Å². The predicted molar refractivity (Wildman–Crippen MR) is 114 cm³/mol. The van der Waals surface area contributed by atoms with Gasteiger partial charge in [0.2, 0.25) is 0 Å². The van der Waals surface area contributed by atoms with Crippen LogP contribution in [0.3, 0.4) is 0 Å². The summed E-state index contributed by atoms with van der Waals surface area (Å²) in [4.78, 5) is 40.5. The summed E-state index contributed by atoms with van der Waals surface area (Å²) in [5.74, 6) is -2.06. The van der Waals surface area contributed by atoms with Crippen LogP contribution in [0.15, 0.2) is 34.2 Å². The molecule has 11 nitrogen and oxygen atoms in total. The number of rotatable bonds is 7. The van der Waals surface area contributed by atoms with E-state index in [1.54, 1.807) is 18.2 Å². The largest absolute Gasteiger partial charge is 0.465 e. The number of hydrogen-bond acceptors (Lipinski definition) is 11. The minimum Gasteiger partial charge on any atom is -0.465 e. The number of thiophene rings is 1. The molecule has 0 saturated carbocycles. The average Bonchev–Trinajstić information content (AvgIpc) is 3.24. The van der Waals surface area contributed by atoms with Crippen molar-refractivity contribution in [3.8, 4) is 0 Å². The number of ether oxygens (including phenoxy) is 3. The maximum Gasteiger partial charge on any atom is 0.348 e. The number of nitrogens with two attached hydrogens (primary N) is 1. The number of nitrogens with one attached hydrogen (secondary N) is 1. The molecule has 2 heterocycles. The summed E-state index contributed by atoms with van der Waals surface area (Å²) >= 11 is 0.821. The maximum atomic E-state index is 12.2. The lowest BCUT2D eigenvalue weighted by Crippen LogP contribution is -2.22. The van der Waals surface area contributed by atoms with Crippen molar-refractivity contribution in [2.75, 3.05) is 26.5 Å². The molecule has 0 amide bonds. The first-order valence-corrected chi connectivity index (χ1v) is 11.4. The van der Waals surface area contributed by atoms with E-state index in [0.717, 1.165) is 18.4 Å². The summed E-state index contributed by atoms with van der Waals surface area (Å²) < 4.78 is 41.0. The second-order valence-electron chi connectivity index (χ2n) is 6.37. The Bertz CT molecular complexity index is 1220. The number of hydrogen-bond donors (Lipinski definition) is 2. The summed E-state index contributed by atoms with van der Waals surface area (Å²) in [6.07, 6.45) is -0.172. The molecule has 2 aromatic rings. The van der Waals surface area contributed by atoms with E-state index in [1.165, 1.54) is 13.2 Å². The average molecular weight is 482 g/mol. The number of sulfonamides is 1. The Kier molecular flexibility index (Phi) is 6.79. The zero-order valence-electron chi connectivity index (χ0n) is 17.0. The van der Waals surface area contributed by atoms with Crippen molar-refractivity contribution in [1.82, 2.24) is 4.72 Å². The molecule has 1 aliphatic heterocycles. The molecule has 0 aliphatic carbocycles. The van der Waals surface area contributed by atoms with Gasteiger partial charge in [0, 0.05) is 11.1 Å². The third-order valence-corrected chi connectivity index (χ3v) is 6.86. The topological polar surface area (TPSA) is 163 Å². The van der Waals surface area contributed by atoms with Gasteiger partial charge in [-0.3, -0.25) is 14.5 Å². The Morgan fingerprint density at radius 3 is 2.50 bits per heavy atom. The highest BCUT2D eigenvalue weighted by Crippen LogP contribution is 2.33. The first kappa shape index (κ1) is 23.2. The van der Waals surface area contributed by atoms with Crippen LogP contribution in [0.4, 0.5) is 5.00 Å². The van der Waals surface area contributed by atoms with E-state index in [9.17, 15) is 22.8 Å². The number of anilines is 1. The maximum absolute atomic E-state index is 12.2. The second kappa shape index (κ2) is 9.36. The number of benzene rings is 1. The van der Waals surface area contributed by atoms with Gasteiger partial charge >= 0.3 is 17.9 Å². The molecule has 13 heteroatoms. The van der Waals surface area contributed by atoms with Crippen molar-refractivity contribution in [1.29, 1.82) is 0 Å². The van der Waals surface area contributed by atoms with Gasteiger partial charge in [0.05, 0.1) is 32.1 Å². The molecule has 0 unspecified atom stereocenters. The van der Waals surface area contributed by atoms with Crippen molar-refractivity contribution >= 4 is 50.1 Å². The minimum atomic E-state index is -3.68. The van der Waals surface area contributed by atoms with Gasteiger partial charge in [-0.05, 0) is 12.1 Å². The van der Waals surface area contributed by atoms with E-state index in [2.05, 4.69) is 19.2 Å². The number of fused-ring (bicyclic) bond motifs is 1. The normalized spacial score (nSPS) is 15.0. The van der Waals surface area contributed by atoms with Crippen molar-refractivity contribution in [3.63, 3.8) is 0 Å². The molecule has 1 aromatic heterocycles. The van der Waals surface area contributed by atoms with Crippen molar-refractivity contribution in [2.24, 2.45) is 4.99 Å². The fourth-order valence-corrected chi connectivity index (χ4v) is 5.17. The Balaban J connectivity index is 1.68. The van der Waals surface area contributed by atoms with Crippen LogP contribution in [0, 0.1) is 0 Å². The third-order valence-electron chi connectivity index (χ3n) is 4.42. The van der Waals surface area contributed by atoms with Crippen LogP contribution in [-0.4, -0.2) is 52.9 Å². The molecule has 3 N–H and O–H groups in total. The fraction of sp³-hybridized carbons (Fsp3) is 0.263. The smallest absolute Gasteiger partial charge is 0.348 e. The molecule has 0 atom stereocenters. The highest BCUT2D eigenvalue weighted by atomic mass is 32.2. The molecule has 0 bridgehead atoms. The van der Waals surface area contributed by atoms with E-state index >= 15 is 0 Å². The SMILES string of the molecule is COC(=O)c1sc(N)c(C(=O)OC)c1COC(=O)CCN=C1NS(=O)(=O)c2ccccc21. The van der Waals surface area contributed by atoms with Gasteiger partial charge in [0.25, 0.3) is 10.0 Å². The van der Waals surface area contributed by atoms with Gasteiger partial charge in [0.1, 0.15) is 27.9 Å². The van der Waals surface area contributed by atoms with Crippen LogP contribution in [0.25, 0.3) is 0 Å². The first-order valence-electron chi connectivity index (χ1n) is 9.09. The Morgan fingerprint density at radius 2 is 1.81 bits per heavy atom. The zero-order valence-corrected chi connectivity index (χ0v) is 18.7. The number of nitrogens with zero attached hydrogens (tertiary/aromatic N) is 1. The van der Waals surface area contributed by atoms with Gasteiger partial charge < -0.3 is 19.9 Å². The summed E-state index contributed by atoms with van der Waals surface area (Å²) in [5, 5.41) is 0.0295. The number of carbonyl (C=O) groups excluding carboxylic acids is 3. The lowest BCUT2D eigenvalue weighted by atomic mass is 10.1. The summed E-state index contributed by atoms with van der Waals surface area (Å²) in [5.41, 5.74) is 6.26.